The van der Waals surface area contributed by atoms with Crippen molar-refractivity contribution in [3.63, 3.8) is 0 Å². The highest BCUT2D eigenvalue weighted by Crippen LogP contribution is 2.20. The number of hydrogen-bond acceptors (Lipinski definition) is 7. The second-order valence-electron chi connectivity index (χ2n) is 5.83. The summed E-state index contributed by atoms with van der Waals surface area (Å²) in [5, 5.41) is 11.8. The first-order chi connectivity index (χ1) is 13.8. The van der Waals surface area contributed by atoms with E-state index in [-0.39, 0.29) is 0 Å². The van der Waals surface area contributed by atoms with Crippen LogP contribution in [-0.4, -0.2) is 38.0 Å². The molecule has 0 aliphatic carbocycles. The molecule has 0 saturated carbocycles. The molecule has 2 aromatic heterocycles. The predicted octanol–water partition coefficient (Wildman–Crippen LogP) is 3.82. The van der Waals surface area contributed by atoms with Crippen molar-refractivity contribution >= 4 is 35.0 Å². The van der Waals surface area contributed by atoms with Crippen LogP contribution in [0.5, 0.6) is 5.75 Å². The molecule has 3 N–H and O–H groups in total. The van der Waals surface area contributed by atoms with E-state index in [9.17, 15) is 0 Å². The quantitative estimate of drug-likeness (QED) is 0.239. The van der Waals surface area contributed by atoms with Crippen LogP contribution in [0.2, 0.25) is 0 Å². The Kier molecular flexibility index (Phi) is 5.53. The molecule has 0 fully saturated rings. The summed E-state index contributed by atoms with van der Waals surface area (Å²) < 4.78 is 5.42. The van der Waals surface area contributed by atoms with Gasteiger partial charge in [-0.1, -0.05) is 23.9 Å². The van der Waals surface area contributed by atoms with Crippen molar-refractivity contribution in [2.24, 2.45) is 5.10 Å². The van der Waals surface area contributed by atoms with E-state index in [4.69, 9.17) is 4.74 Å². The lowest BCUT2D eigenvalue weighted by Gasteiger charge is -2.01. The molecule has 0 unspecified atom stereocenters. The lowest BCUT2D eigenvalue weighted by Crippen LogP contribution is -1.94. The number of thioether (sulfide) groups is 1. The van der Waals surface area contributed by atoms with Crippen molar-refractivity contribution in [1.29, 1.82) is 0 Å². The summed E-state index contributed by atoms with van der Waals surface area (Å²) in [6, 6.07) is 15.6. The SMILES string of the molecule is CCOc1ccc(/C=N/Nc2nc(SCc3nc4ccccc4[nH]3)n[nH]2)cc1. The van der Waals surface area contributed by atoms with Crippen LogP contribution >= 0.6 is 11.8 Å². The number of nitrogens with zero attached hydrogens (tertiary/aromatic N) is 4. The van der Waals surface area contributed by atoms with Crippen LogP contribution in [0.3, 0.4) is 0 Å². The van der Waals surface area contributed by atoms with E-state index in [1.807, 2.05) is 55.5 Å². The zero-order chi connectivity index (χ0) is 19.2. The summed E-state index contributed by atoms with van der Waals surface area (Å²) in [7, 11) is 0. The molecular formula is C19H19N7OS. The molecule has 0 aliphatic heterocycles. The van der Waals surface area contributed by atoms with Crippen molar-refractivity contribution < 1.29 is 4.74 Å². The molecule has 0 amide bonds. The topological polar surface area (TPSA) is 104 Å². The van der Waals surface area contributed by atoms with Gasteiger partial charge >= 0.3 is 0 Å². The summed E-state index contributed by atoms with van der Waals surface area (Å²) >= 11 is 1.49. The second kappa shape index (κ2) is 8.57. The third kappa shape index (κ3) is 4.49. The number of rotatable bonds is 8. The number of fused-ring (bicyclic) bond motifs is 1. The lowest BCUT2D eigenvalue weighted by atomic mass is 10.2. The predicted molar refractivity (Wildman–Crippen MR) is 111 cm³/mol. The molecule has 0 spiro atoms. The summed E-state index contributed by atoms with van der Waals surface area (Å²) in [6.07, 6.45) is 1.71. The molecular weight excluding hydrogens is 374 g/mol. The van der Waals surface area contributed by atoms with Gasteiger partial charge < -0.3 is 9.72 Å². The van der Waals surface area contributed by atoms with Gasteiger partial charge in [0, 0.05) is 0 Å². The average molecular weight is 393 g/mol. The van der Waals surface area contributed by atoms with E-state index < -0.39 is 0 Å². The highest BCUT2D eigenvalue weighted by molar-refractivity contribution is 7.98. The average Bonchev–Trinajstić information content (AvgIpc) is 3.34. The summed E-state index contributed by atoms with van der Waals surface area (Å²) in [6.45, 7) is 2.61. The van der Waals surface area contributed by atoms with Gasteiger partial charge in [0.05, 0.1) is 29.6 Å². The highest BCUT2D eigenvalue weighted by Gasteiger charge is 2.06. The van der Waals surface area contributed by atoms with E-state index in [2.05, 4.69) is 35.7 Å². The van der Waals surface area contributed by atoms with Gasteiger partial charge in [0.25, 0.3) is 0 Å². The van der Waals surface area contributed by atoms with Gasteiger partial charge in [-0.25, -0.2) is 15.5 Å². The van der Waals surface area contributed by atoms with Gasteiger partial charge in [-0.3, -0.25) is 0 Å². The smallest absolute Gasteiger partial charge is 0.240 e. The van der Waals surface area contributed by atoms with E-state index in [0.29, 0.717) is 23.5 Å². The minimum Gasteiger partial charge on any atom is -0.494 e. The molecule has 9 heteroatoms. The fourth-order valence-electron chi connectivity index (χ4n) is 2.55. The first-order valence-corrected chi connectivity index (χ1v) is 9.79. The Balaban J connectivity index is 1.30. The summed E-state index contributed by atoms with van der Waals surface area (Å²) in [5.74, 6) is 2.86. The maximum absolute atomic E-state index is 5.42. The molecule has 0 aliphatic rings. The number of imidazole rings is 1. The monoisotopic (exact) mass is 393 g/mol. The summed E-state index contributed by atoms with van der Waals surface area (Å²) in [5.41, 5.74) is 5.78. The molecule has 2 heterocycles. The van der Waals surface area contributed by atoms with Crippen LogP contribution in [0.25, 0.3) is 11.0 Å². The van der Waals surface area contributed by atoms with Crippen LogP contribution in [-0.2, 0) is 5.75 Å². The molecule has 0 radical (unpaired) electrons. The molecule has 0 bridgehead atoms. The molecule has 4 aromatic rings. The van der Waals surface area contributed by atoms with Crippen molar-refractivity contribution in [3.8, 4) is 5.75 Å². The number of ether oxygens (including phenoxy) is 1. The van der Waals surface area contributed by atoms with Crippen molar-refractivity contribution in [2.45, 2.75) is 17.8 Å². The number of para-hydroxylation sites is 2. The zero-order valence-electron chi connectivity index (χ0n) is 15.2. The second-order valence-corrected chi connectivity index (χ2v) is 6.77. The van der Waals surface area contributed by atoms with Gasteiger partial charge in [0.15, 0.2) is 0 Å². The summed E-state index contributed by atoms with van der Waals surface area (Å²) in [4.78, 5) is 12.2. The first kappa shape index (κ1) is 18.1. The van der Waals surface area contributed by atoms with Crippen LogP contribution in [0.4, 0.5) is 5.95 Å². The van der Waals surface area contributed by atoms with E-state index in [0.717, 1.165) is 28.2 Å². The van der Waals surface area contributed by atoms with Crippen LogP contribution in [0.1, 0.15) is 18.3 Å². The fourth-order valence-corrected chi connectivity index (χ4v) is 3.22. The minimum absolute atomic E-state index is 0.481. The van der Waals surface area contributed by atoms with Crippen LogP contribution in [0.15, 0.2) is 58.8 Å². The van der Waals surface area contributed by atoms with E-state index in [1.165, 1.54) is 11.8 Å². The fraction of sp³-hybridized carbons (Fsp3) is 0.158. The molecule has 0 atom stereocenters. The Morgan fingerprint density at radius 1 is 1.14 bits per heavy atom. The zero-order valence-corrected chi connectivity index (χ0v) is 16.0. The molecule has 4 rings (SSSR count). The Bertz CT molecular complexity index is 1040. The number of aromatic amines is 2. The molecule has 28 heavy (non-hydrogen) atoms. The number of benzene rings is 2. The van der Waals surface area contributed by atoms with Gasteiger partial charge in [0.1, 0.15) is 11.6 Å². The normalized spacial score (nSPS) is 11.3. The lowest BCUT2D eigenvalue weighted by molar-refractivity contribution is 0.340. The number of anilines is 1. The highest BCUT2D eigenvalue weighted by atomic mass is 32.2. The third-order valence-electron chi connectivity index (χ3n) is 3.82. The minimum atomic E-state index is 0.481. The Morgan fingerprint density at radius 3 is 2.82 bits per heavy atom. The Labute approximate surface area is 165 Å². The molecule has 8 nitrogen and oxygen atoms in total. The largest absolute Gasteiger partial charge is 0.494 e. The van der Waals surface area contributed by atoms with Gasteiger partial charge in [0.2, 0.25) is 11.1 Å². The van der Waals surface area contributed by atoms with Crippen LogP contribution < -0.4 is 10.2 Å². The van der Waals surface area contributed by atoms with Gasteiger partial charge in [-0.05, 0) is 48.9 Å². The standard InChI is InChI=1S/C19H19N7OS/c1-2-27-14-9-7-13(8-10-14)11-20-24-18-23-19(26-25-18)28-12-17-21-15-5-3-4-6-16(15)22-17/h3-11H,2,12H2,1H3,(H,21,22)(H2,23,24,25,26)/b20-11+. The molecule has 142 valence electrons. The number of H-pyrrole nitrogens is 2. The third-order valence-corrected chi connectivity index (χ3v) is 4.68. The Morgan fingerprint density at radius 2 is 2.00 bits per heavy atom. The van der Waals surface area contributed by atoms with Gasteiger partial charge in [-0.15, -0.1) is 5.10 Å². The number of hydrazone groups is 1. The van der Waals surface area contributed by atoms with E-state index in [1.54, 1.807) is 6.21 Å². The van der Waals surface area contributed by atoms with Crippen LogP contribution in [0, 0.1) is 0 Å². The number of hydrogen-bond donors (Lipinski definition) is 3. The molecule has 2 aromatic carbocycles. The van der Waals surface area contributed by atoms with Crippen molar-refractivity contribution in [3.05, 3.63) is 59.9 Å². The number of aromatic nitrogens is 5. The van der Waals surface area contributed by atoms with E-state index >= 15 is 0 Å². The first-order valence-electron chi connectivity index (χ1n) is 8.81. The maximum Gasteiger partial charge on any atom is 0.240 e. The van der Waals surface area contributed by atoms with Crippen molar-refractivity contribution in [2.75, 3.05) is 12.0 Å². The molecule has 0 saturated heterocycles. The van der Waals surface area contributed by atoms with Gasteiger partial charge in [-0.2, -0.15) is 10.1 Å². The maximum atomic E-state index is 5.42. The van der Waals surface area contributed by atoms with Crippen molar-refractivity contribution in [1.82, 2.24) is 25.1 Å². The number of nitrogens with one attached hydrogen (secondary N) is 3. The Hall–Kier alpha value is -3.33.